The molecule has 2 amide bonds. The van der Waals surface area contributed by atoms with Crippen LogP contribution in [-0.2, 0) is 9.59 Å². The average Bonchev–Trinajstić information content (AvgIpc) is 2.36. The zero-order valence-corrected chi connectivity index (χ0v) is 11.8. The van der Waals surface area contributed by atoms with E-state index in [0.29, 0.717) is 5.56 Å². The van der Waals surface area contributed by atoms with Crippen molar-refractivity contribution in [1.82, 2.24) is 10.6 Å². The number of halogens is 1. The molecular weight excluding hydrogens is 316 g/mol. The zero-order chi connectivity index (χ0) is 14.4. The molecule has 19 heavy (non-hydrogen) atoms. The number of benzene rings is 1. The van der Waals surface area contributed by atoms with Crippen LogP contribution >= 0.6 is 15.9 Å². The predicted octanol–water partition coefficient (Wildman–Crippen LogP) is 0.688. The highest BCUT2D eigenvalue weighted by atomic mass is 79.9. The number of rotatable bonds is 5. The highest BCUT2D eigenvalue weighted by Gasteiger charge is 2.11. The van der Waals surface area contributed by atoms with Crippen LogP contribution in [0.1, 0.15) is 15.9 Å². The molecule has 0 atom stereocenters. The third-order valence-electron chi connectivity index (χ3n) is 2.29. The van der Waals surface area contributed by atoms with Crippen LogP contribution in [0.15, 0.2) is 22.7 Å². The van der Waals surface area contributed by atoms with Crippen molar-refractivity contribution in [1.29, 1.82) is 0 Å². The Morgan fingerprint density at radius 3 is 2.53 bits per heavy atom. The van der Waals surface area contributed by atoms with Gasteiger partial charge in [-0.2, -0.15) is 0 Å². The molecule has 0 aliphatic rings. The summed E-state index contributed by atoms with van der Waals surface area (Å²) in [7, 11) is 0. The largest absolute Gasteiger partial charge is 0.480 e. The van der Waals surface area contributed by atoms with Gasteiger partial charge in [0.2, 0.25) is 5.91 Å². The van der Waals surface area contributed by atoms with E-state index in [1.165, 1.54) is 0 Å². The minimum atomic E-state index is -1.14. The second-order valence-corrected chi connectivity index (χ2v) is 4.73. The van der Waals surface area contributed by atoms with E-state index in [2.05, 4.69) is 26.6 Å². The standard InChI is InChI=1S/C12H13BrN2O4/c1-7-2-3-8(13)4-9(7)12(19)15-5-10(16)14-6-11(17)18/h2-4H,5-6H2,1H3,(H,14,16)(H,15,19)(H,17,18). The van der Waals surface area contributed by atoms with Gasteiger partial charge >= 0.3 is 5.97 Å². The first-order chi connectivity index (χ1) is 8.90. The van der Waals surface area contributed by atoms with Gasteiger partial charge in [0.05, 0.1) is 6.54 Å². The van der Waals surface area contributed by atoms with Gasteiger partial charge in [0.25, 0.3) is 5.91 Å². The maximum absolute atomic E-state index is 11.8. The lowest BCUT2D eigenvalue weighted by Gasteiger charge is -2.08. The van der Waals surface area contributed by atoms with Crippen molar-refractivity contribution in [2.45, 2.75) is 6.92 Å². The molecule has 0 saturated heterocycles. The highest BCUT2D eigenvalue weighted by molar-refractivity contribution is 9.10. The summed E-state index contributed by atoms with van der Waals surface area (Å²) < 4.78 is 0.763. The SMILES string of the molecule is Cc1ccc(Br)cc1C(=O)NCC(=O)NCC(=O)O. The van der Waals surface area contributed by atoms with Crippen molar-refractivity contribution < 1.29 is 19.5 Å². The topological polar surface area (TPSA) is 95.5 Å². The van der Waals surface area contributed by atoms with Gasteiger partial charge in [-0.25, -0.2) is 0 Å². The van der Waals surface area contributed by atoms with Gasteiger partial charge in [-0.1, -0.05) is 22.0 Å². The average molecular weight is 329 g/mol. The molecule has 0 heterocycles. The van der Waals surface area contributed by atoms with E-state index in [0.717, 1.165) is 10.0 Å². The molecule has 102 valence electrons. The Kier molecular flexibility index (Phi) is 5.50. The van der Waals surface area contributed by atoms with Gasteiger partial charge in [0.1, 0.15) is 6.54 Å². The molecule has 0 spiro atoms. The molecule has 1 aromatic carbocycles. The molecule has 6 nitrogen and oxygen atoms in total. The Morgan fingerprint density at radius 1 is 1.21 bits per heavy atom. The molecule has 0 unspecified atom stereocenters. The van der Waals surface area contributed by atoms with E-state index >= 15 is 0 Å². The van der Waals surface area contributed by atoms with E-state index < -0.39 is 18.4 Å². The highest BCUT2D eigenvalue weighted by Crippen LogP contribution is 2.15. The van der Waals surface area contributed by atoms with Gasteiger partial charge in [-0.05, 0) is 24.6 Å². The summed E-state index contributed by atoms with van der Waals surface area (Å²) in [6.45, 7) is 1.05. The van der Waals surface area contributed by atoms with Crippen molar-refractivity contribution in [2.24, 2.45) is 0 Å². The molecule has 1 aromatic rings. The second-order valence-electron chi connectivity index (χ2n) is 3.81. The number of hydrogen-bond donors (Lipinski definition) is 3. The number of carbonyl (C=O) groups excluding carboxylic acids is 2. The van der Waals surface area contributed by atoms with Crippen molar-refractivity contribution in [3.8, 4) is 0 Å². The Hall–Kier alpha value is -1.89. The van der Waals surface area contributed by atoms with E-state index in [4.69, 9.17) is 5.11 Å². The van der Waals surface area contributed by atoms with Gasteiger partial charge in [0.15, 0.2) is 0 Å². The normalized spacial score (nSPS) is 9.79. The summed E-state index contributed by atoms with van der Waals surface area (Å²) in [4.78, 5) is 33.3. The van der Waals surface area contributed by atoms with Crippen LogP contribution in [0.25, 0.3) is 0 Å². The van der Waals surface area contributed by atoms with Crippen LogP contribution in [-0.4, -0.2) is 36.0 Å². The summed E-state index contributed by atoms with van der Waals surface area (Å²) in [5, 5.41) is 13.0. The Bertz CT molecular complexity index is 516. The summed E-state index contributed by atoms with van der Waals surface area (Å²) in [5.74, 6) is -2.07. The fourth-order valence-electron chi connectivity index (χ4n) is 1.33. The Labute approximate surface area is 118 Å². The summed E-state index contributed by atoms with van der Waals surface area (Å²) in [6, 6.07) is 5.25. The molecule has 0 radical (unpaired) electrons. The number of hydrogen-bond acceptors (Lipinski definition) is 3. The van der Waals surface area contributed by atoms with Crippen LogP contribution in [0.3, 0.4) is 0 Å². The van der Waals surface area contributed by atoms with Gasteiger partial charge < -0.3 is 15.7 Å². The lowest BCUT2D eigenvalue weighted by Crippen LogP contribution is -2.39. The minimum absolute atomic E-state index is 0.266. The maximum atomic E-state index is 11.8. The molecule has 7 heteroatoms. The molecule has 0 aliphatic carbocycles. The smallest absolute Gasteiger partial charge is 0.322 e. The molecule has 3 N–H and O–H groups in total. The first kappa shape index (κ1) is 15.2. The van der Waals surface area contributed by atoms with Crippen molar-refractivity contribution in [3.05, 3.63) is 33.8 Å². The first-order valence-electron chi connectivity index (χ1n) is 5.43. The maximum Gasteiger partial charge on any atom is 0.322 e. The number of aliphatic carboxylic acids is 1. The molecule has 0 bridgehead atoms. The third kappa shape index (κ3) is 5.09. The number of nitrogens with one attached hydrogen (secondary N) is 2. The Morgan fingerprint density at radius 2 is 1.89 bits per heavy atom. The predicted molar refractivity (Wildman–Crippen MR) is 71.9 cm³/mol. The second kappa shape index (κ2) is 6.89. The van der Waals surface area contributed by atoms with Crippen LogP contribution in [0.4, 0.5) is 0 Å². The number of aryl methyl sites for hydroxylation is 1. The summed E-state index contributed by atoms with van der Waals surface area (Å²) >= 11 is 3.26. The quantitative estimate of drug-likeness (QED) is 0.741. The Balaban J connectivity index is 2.53. The van der Waals surface area contributed by atoms with Crippen LogP contribution in [0.2, 0.25) is 0 Å². The van der Waals surface area contributed by atoms with E-state index in [-0.39, 0.29) is 12.5 Å². The third-order valence-corrected chi connectivity index (χ3v) is 2.78. The lowest BCUT2D eigenvalue weighted by molar-refractivity contribution is -0.137. The summed E-state index contributed by atoms with van der Waals surface area (Å²) in [6.07, 6.45) is 0. The monoisotopic (exact) mass is 328 g/mol. The molecule has 0 aromatic heterocycles. The number of carboxylic acids is 1. The van der Waals surface area contributed by atoms with E-state index in [1.807, 2.05) is 6.07 Å². The first-order valence-corrected chi connectivity index (χ1v) is 6.22. The molecule has 0 aliphatic heterocycles. The van der Waals surface area contributed by atoms with Crippen molar-refractivity contribution in [2.75, 3.05) is 13.1 Å². The van der Waals surface area contributed by atoms with Gasteiger partial charge in [-0.15, -0.1) is 0 Å². The van der Waals surface area contributed by atoms with Crippen LogP contribution in [0, 0.1) is 6.92 Å². The lowest BCUT2D eigenvalue weighted by atomic mass is 10.1. The van der Waals surface area contributed by atoms with E-state index in [9.17, 15) is 14.4 Å². The molecule has 1 rings (SSSR count). The van der Waals surface area contributed by atoms with Gasteiger partial charge in [0, 0.05) is 10.0 Å². The number of amides is 2. The number of carboxylic acid groups (broad SMARTS) is 1. The summed E-state index contributed by atoms with van der Waals surface area (Å²) in [5.41, 5.74) is 1.24. The molecular formula is C12H13BrN2O4. The minimum Gasteiger partial charge on any atom is -0.480 e. The van der Waals surface area contributed by atoms with Crippen LogP contribution < -0.4 is 10.6 Å². The molecule has 0 saturated carbocycles. The fourth-order valence-corrected chi connectivity index (χ4v) is 1.69. The van der Waals surface area contributed by atoms with Crippen LogP contribution in [0.5, 0.6) is 0 Å². The fraction of sp³-hybridized carbons (Fsp3) is 0.250. The number of carbonyl (C=O) groups is 3. The zero-order valence-electron chi connectivity index (χ0n) is 10.2. The van der Waals surface area contributed by atoms with Crippen molar-refractivity contribution >= 4 is 33.7 Å². The molecule has 0 fully saturated rings. The van der Waals surface area contributed by atoms with Gasteiger partial charge in [-0.3, -0.25) is 14.4 Å². The van der Waals surface area contributed by atoms with Crippen molar-refractivity contribution in [3.63, 3.8) is 0 Å². The van der Waals surface area contributed by atoms with E-state index in [1.54, 1.807) is 19.1 Å².